The summed E-state index contributed by atoms with van der Waals surface area (Å²) in [6, 6.07) is 53.9. The zero-order chi connectivity index (χ0) is 35.2. The third kappa shape index (κ3) is 4.61. The van der Waals surface area contributed by atoms with Crippen LogP contribution in [0.25, 0.3) is 31.7 Å². The molecule has 0 spiro atoms. The number of benzene rings is 6. The molecule has 4 heteroatoms. The Morgan fingerprint density at radius 2 is 0.865 bits per heavy atom. The van der Waals surface area contributed by atoms with E-state index in [4.69, 9.17) is 0 Å². The Hall–Kier alpha value is -5.42. The lowest BCUT2D eigenvalue weighted by Gasteiger charge is -2.29. The summed E-state index contributed by atoms with van der Waals surface area (Å²) in [7, 11) is 0. The van der Waals surface area contributed by atoms with E-state index in [0.29, 0.717) is 0 Å². The average molecular weight is 707 g/mol. The third-order valence-corrected chi connectivity index (χ3v) is 13.4. The molecular weight excluding hydrogens is 669 g/mol. The fraction of sp³-hybridized carbons (Fsp3) is 0.125. The Kier molecular flexibility index (Phi) is 6.95. The molecular formula is C48H38N2S2. The van der Waals surface area contributed by atoms with E-state index in [1.54, 1.807) is 0 Å². The molecule has 0 saturated heterocycles. The number of nitrogens with zero attached hydrogens (tertiary/aromatic N) is 2. The molecule has 6 aromatic carbocycles. The minimum atomic E-state index is -0.199. The minimum Gasteiger partial charge on any atom is -0.310 e. The Labute approximate surface area is 313 Å². The second kappa shape index (κ2) is 11.5. The summed E-state index contributed by atoms with van der Waals surface area (Å²) in [5.74, 6) is 0. The number of para-hydroxylation sites is 2. The van der Waals surface area contributed by atoms with Gasteiger partial charge in [0.25, 0.3) is 0 Å². The van der Waals surface area contributed by atoms with Gasteiger partial charge in [0.1, 0.15) is 0 Å². The summed E-state index contributed by atoms with van der Waals surface area (Å²) in [4.78, 5) is 4.87. The quantitative estimate of drug-likeness (QED) is 0.170. The molecule has 0 N–H and O–H groups in total. The van der Waals surface area contributed by atoms with E-state index in [9.17, 15) is 0 Å². The highest BCUT2D eigenvalue weighted by atomic mass is 32.1. The molecule has 0 radical (unpaired) electrons. The first-order valence-electron chi connectivity index (χ1n) is 18.0. The van der Waals surface area contributed by atoms with Gasteiger partial charge in [-0.1, -0.05) is 107 Å². The van der Waals surface area contributed by atoms with Crippen LogP contribution in [-0.2, 0) is 10.8 Å². The fourth-order valence-electron chi connectivity index (χ4n) is 8.76. The van der Waals surface area contributed by atoms with E-state index < -0.39 is 0 Å². The highest BCUT2D eigenvalue weighted by molar-refractivity contribution is 7.27. The highest BCUT2D eigenvalue weighted by Crippen LogP contribution is 2.55. The van der Waals surface area contributed by atoms with Crippen molar-refractivity contribution in [1.29, 1.82) is 0 Å². The van der Waals surface area contributed by atoms with Crippen molar-refractivity contribution in [3.63, 3.8) is 0 Å². The first kappa shape index (κ1) is 31.3. The number of hydrogen-bond donors (Lipinski definition) is 0. The summed E-state index contributed by atoms with van der Waals surface area (Å²) in [5.41, 5.74) is 17.7. The zero-order valence-corrected chi connectivity index (χ0v) is 31.4. The summed E-state index contributed by atoms with van der Waals surface area (Å²) in [6.07, 6.45) is 0. The maximum absolute atomic E-state index is 2.51. The zero-order valence-electron chi connectivity index (χ0n) is 29.7. The lowest BCUT2D eigenvalue weighted by Crippen LogP contribution is -2.18. The molecule has 0 aliphatic heterocycles. The Balaban J connectivity index is 1.11. The predicted molar refractivity (Wildman–Crippen MR) is 224 cm³/mol. The molecule has 2 aromatic heterocycles. The molecule has 252 valence electrons. The van der Waals surface area contributed by atoms with Crippen LogP contribution in [0.3, 0.4) is 0 Å². The Morgan fingerprint density at radius 1 is 0.404 bits per heavy atom. The van der Waals surface area contributed by atoms with Gasteiger partial charge in [-0.3, -0.25) is 0 Å². The number of hydrogen-bond acceptors (Lipinski definition) is 4. The van der Waals surface area contributed by atoms with Crippen molar-refractivity contribution in [3.05, 3.63) is 179 Å². The van der Waals surface area contributed by atoms with Crippen molar-refractivity contribution in [2.45, 2.75) is 38.5 Å². The minimum absolute atomic E-state index is 0.0762. The van der Waals surface area contributed by atoms with E-state index in [2.05, 4.69) is 194 Å². The number of fused-ring (bicyclic) bond motifs is 7. The molecule has 0 saturated carbocycles. The van der Waals surface area contributed by atoms with Gasteiger partial charge in [-0.15, -0.1) is 22.7 Å². The first-order valence-corrected chi connectivity index (χ1v) is 19.8. The molecule has 0 fully saturated rings. The van der Waals surface area contributed by atoms with E-state index in [1.165, 1.54) is 76.7 Å². The lowest BCUT2D eigenvalue weighted by atomic mass is 9.82. The molecule has 52 heavy (non-hydrogen) atoms. The predicted octanol–water partition coefficient (Wildman–Crippen LogP) is 14.5. The van der Waals surface area contributed by atoms with Crippen LogP contribution in [0, 0.1) is 0 Å². The van der Waals surface area contributed by atoms with Gasteiger partial charge >= 0.3 is 0 Å². The molecule has 0 atom stereocenters. The molecule has 0 bridgehead atoms. The summed E-state index contributed by atoms with van der Waals surface area (Å²) in [5, 5.41) is 4.56. The molecule has 8 aromatic rings. The molecule has 2 heterocycles. The Bertz CT molecular complexity index is 2610. The Morgan fingerprint density at radius 3 is 1.42 bits per heavy atom. The van der Waals surface area contributed by atoms with Gasteiger partial charge in [-0.05, 0) is 117 Å². The number of rotatable bonds is 6. The van der Waals surface area contributed by atoms with Gasteiger partial charge in [0, 0.05) is 49.3 Å². The maximum Gasteiger partial charge on any atom is 0.0747 e. The monoisotopic (exact) mass is 706 g/mol. The van der Waals surface area contributed by atoms with Crippen molar-refractivity contribution < 1.29 is 0 Å². The number of thiophene rings is 2. The maximum atomic E-state index is 2.51. The van der Waals surface area contributed by atoms with Crippen molar-refractivity contribution in [2.75, 3.05) is 9.80 Å². The fourth-order valence-corrected chi connectivity index (χ4v) is 10.8. The average Bonchev–Trinajstić information content (AvgIpc) is 3.91. The van der Waals surface area contributed by atoms with Crippen LogP contribution in [0.5, 0.6) is 0 Å². The van der Waals surface area contributed by atoms with Gasteiger partial charge < -0.3 is 9.80 Å². The van der Waals surface area contributed by atoms with Crippen LogP contribution in [0.4, 0.5) is 34.1 Å². The molecule has 2 aliphatic carbocycles. The first-order chi connectivity index (χ1) is 25.3. The van der Waals surface area contributed by atoms with Gasteiger partial charge in [0.05, 0.1) is 10.4 Å². The SMILES string of the molecule is CC1(C)c2ccccc2-c2ccc(N(c3ccc4c(c3)C(C)(C)c3cc(N(c5ccccc5)c5ccccc5)ccc3-4)c3csc4ccsc34)cc21. The molecule has 2 nitrogen and oxygen atoms in total. The van der Waals surface area contributed by atoms with Crippen LogP contribution in [0.1, 0.15) is 49.9 Å². The van der Waals surface area contributed by atoms with Crippen molar-refractivity contribution in [1.82, 2.24) is 0 Å². The van der Waals surface area contributed by atoms with Gasteiger partial charge in [0.15, 0.2) is 0 Å². The van der Waals surface area contributed by atoms with E-state index in [-0.39, 0.29) is 10.8 Å². The topological polar surface area (TPSA) is 6.48 Å². The molecule has 0 amide bonds. The van der Waals surface area contributed by atoms with Crippen molar-refractivity contribution in [2.24, 2.45) is 0 Å². The molecule has 2 aliphatic rings. The second-order valence-corrected chi connectivity index (χ2v) is 16.9. The van der Waals surface area contributed by atoms with Crippen LogP contribution in [0.15, 0.2) is 156 Å². The standard InChI is InChI=1S/C48H38N2S2/c1-47(2)40-18-12-11-17-36(40)37-23-20-34(28-41(37)47)50(44-30-52-45-25-26-51-46(44)45)35-21-24-39-38-22-19-33(27-42(38)48(3,4)43(39)29-35)49(31-13-7-5-8-14-31)32-15-9-6-10-16-32/h5-30H,1-4H3. The highest BCUT2D eigenvalue weighted by Gasteiger charge is 2.38. The van der Waals surface area contributed by atoms with E-state index in [1.807, 2.05) is 22.7 Å². The summed E-state index contributed by atoms with van der Waals surface area (Å²) < 4.78 is 2.67. The third-order valence-electron chi connectivity index (χ3n) is 11.4. The van der Waals surface area contributed by atoms with Crippen molar-refractivity contribution >= 4 is 66.2 Å². The lowest BCUT2D eigenvalue weighted by molar-refractivity contribution is 0.660. The van der Waals surface area contributed by atoms with Crippen LogP contribution >= 0.6 is 22.7 Å². The normalized spacial score (nSPS) is 14.5. The van der Waals surface area contributed by atoms with E-state index in [0.717, 1.165) is 11.4 Å². The summed E-state index contributed by atoms with van der Waals surface area (Å²) >= 11 is 3.67. The number of anilines is 6. The van der Waals surface area contributed by atoms with Crippen molar-refractivity contribution in [3.8, 4) is 22.3 Å². The van der Waals surface area contributed by atoms with Crippen LogP contribution in [0.2, 0.25) is 0 Å². The van der Waals surface area contributed by atoms with Gasteiger partial charge in [0.2, 0.25) is 0 Å². The molecule has 10 rings (SSSR count). The largest absolute Gasteiger partial charge is 0.310 e. The van der Waals surface area contributed by atoms with E-state index >= 15 is 0 Å². The van der Waals surface area contributed by atoms with Gasteiger partial charge in [-0.25, -0.2) is 0 Å². The van der Waals surface area contributed by atoms with Crippen LogP contribution in [-0.4, -0.2) is 0 Å². The smallest absolute Gasteiger partial charge is 0.0747 e. The second-order valence-electron chi connectivity index (χ2n) is 15.1. The van der Waals surface area contributed by atoms with Crippen LogP contribution < -0.4 is 9.80 Å². The summed E-state index contributed by atoms with van der Waals surface area (Å²) in [6.45, 7) is 9.52. The molecule has 0 unspecified atom stereocenters. The van der Waals surface area contributed by atoms with Gasteiger partial charge in [-0.2, -0.15) is 0 Å².